The van der Waals surface area contributed by atoms with Gasteiger partial charge in [-0.15, -0.1) is 0 Å². The lowest BCUT2D eigenvalue weighted by molar-refractivity contribution is -0.144. The highest BCUT2D eigenvalue weighted by atomic mass is 16.4. The Balaban J connectivity index is 5.98. The third-order valence-electron chi connectivity index (χ3n) is 11.3. The van der Waals surface area contributed by atoms with Crippen molar-refractivity contribution in [2.45, 2.75) is 175 Å². The van der Waals surface area contributed by atoms with Crippen molar-refractivity contribution < 1.29 is 77.6 Å². The van der Waals surface area contributed by atoms with E-state index in [9.17, 15) is 77.6 Å². The van der Waals surface area contributed by atoms with Gasteiger partial charge in [-0.1, -0.05) is 61.8 Å². The number of nitrogens with two attached hydrogens (primary N) is 2. The van der Waals surface area contributed by atoms with E-state index in [1.54, 1.807) is 41.5 Å². The number of carboxylic acids is 2. The van der Waals surface area contributed by atoms with Crippen molar-refractivity contribution in [3.63, 3.8) is 0 Å². The van der Waals surface area contributed by atoms with Crippen molar-refractivity contribution in [2.75, 3.05) is 13.2 Å². The second-order valence-corrected chi connectivity index (χ2v) is 19.3. The van der Waals surface area contributed by atoms with Gasteiger partial charge in [0.25, 0.3) is 0 Å². The van der Waals surface area contributed by atoms with Crippen molar-refractivity contribution in [1.29, 1.82) is 0 Å². The Hall–Kier alpha value is -6.97. The van der Waals surface area contributed by atoms with E-state index in [1.807, 2.05) is 13.8 Å². The number of nitrogens with one attached hydrogen (secondary N) is 10. The number of primary amides is 1. The van der Waals surface area contributed by atoms with Gasteiger partial charge in [-0.3, -0.25) is 57.5 Å². The smallest absolute Gasteiger partial charge is 0.326 e. The van der Waals surface area contributed by atoms with Gasteiger partial charge in [0.05, 0.1) is 25.6 Å². The van der Waals surface area contributed by atoms with Crippen LogP contribution in [0.3, 0.4) is 0 Å². The largest absolute Gasteiger partial charge is 0.481 e. The molecule has 0 saturated heterocycles. The number of hydrogen-bond donors (Lipinski definition) is 15. The van der Waals surface area contributed by atoms with Crippen LogP contribution in [0, 0.1) is 23.7 Å². The standard InChI is InChI=1S/C46H80N12O16/c1-12-23(8)36(45(72)57-35(22(6)7)46(73)74)58-39(66)24(9)50-33(61)18-49-41(68)28(13-14-32(48)60)53-44(71)31(19-59)56-43(70)30(17-34(62)63)55-42(69)29(16-21(4)5)54-38(65)26(11)51-37(64)25(10)52-40(67)27(47)15-20(2)3/h20-31,35-36,59H,12-19,47H2,1-11H3,(H2,48,60)(H,49,68)(H,50,61)(H,51,64)(H,52,67)(H,53,71)(H,54,65)(H,55,69)(H,56,70)(H,57,72)(H,58,66)(H,62,63)(H,73,74)/t23-,24-,25-,26-,27-,28-,29-,30-,31-,35-,36-/m0/s1. The Labute approximate surface area is 430 Å². The zero-order chi connectivity index (χ0) is 57.3. The quantitative estimate of drug-likeness (QED) is 0.0289. The Bertz CT molecular complexity index is 2000. The van der Waals surface area contributed by atoms with Crippen molar-refractivity contribution >= 4 is 76.9 Å². The number of aliphatic carboxylic acids is 2. The van der Waals surface area contributed by atoms with E-state index in [4.69, 9.17) is 11.5 Å². The van der Waals surface area contributed by atoms with E-state index < -0.39 is 182 Å². The van der Waals surface area contributed by atoms with Gasteiger partial charge >= 0.3 is 11.9 Å². The Morgan fingerprint density at radius 2 is 0.932 bits per heavy atom. The fourth-order valence-corrected chi connectivity index (χ4v) is 6.74. The van der Waals surface area contributed by atoms with Gasteiger partial charge in [0.2, 0.25) is 65.0 Å². The molecule has 28 heteroatoms. The van der Waals surface area contributed by atoms with E-state index in [2.05, 4.69) is 53.2 Å². The molecule has 0 aromatic carbocycles. The van der Waals surface area contributed by atoms with Gasteiger partial charge in [0.15, 0.2) is 0 Å². The number of aliphatic hydroxyl groups is 1. The van der Waals surface area contributed by atoms with Crippen molar-refractivity contribution in [1.82, 2.24) is 53.2 Å². The second-order valence-electron chi connectivity index (χ2n) is 19.3. The number of hydrogen-bond acceptors (Lipinski definition) is 15. The summed E-state index contributed by atoms with van der Waals surface area (Å²) in [6, 6.07) is -13.9. The van der Waals surface area contributed by atoms with E-state index in [0.29, 0.717) is 12.8 Å². The zero-order valence-electron chi connectivity index (χ0n) is 44.0. The molecule has 0 aromatic rings. The summed E-state index contributed by atoms with van der Waals surface area (Å²) >= 11 is 0. The van der Waals surface area contributed by atoms with Crippen molar-refractivity contribution in [3.05, 3.63) is 0 Å². The van der Waals surface area contributed by atoms with Gasteiger partial charge in [-0.2, -0.15) is 0 Å². The molecule has 0 aliphatic carbocycles. The Morgan fingerprint density at radius 1 is 0.486 bits per heavy atom. The molecule has 0 fully saturated rings. The molecule has 0 unspecified atom stereocenters. The van der Waals surface area contributed by atoms with E-state index >= 15 is 0 Å². The first kappa shape index (κ1) is 67.0. The number of carbonyl (C=O) groups excluding carboxylic acids is 11. The van der Waals surface area contributed by atoms with Crippen LogP contribution in [0.15, 0.2) is 0 Å². The highest BCUT2D eigenvalue weighted by molar-refractivity contribution is 5.99. The van der Waals surface area contributed by atoms with E-state index in [0.717, 1.165) is 0 Å². The molecule has 0 heterocycles. The average Bonchev–Trinajstić information content (AvgIpc) is 3.29. The van der Waals surface area contributed by atoms with Crippen LogP contribution in [-0.4, -0.2) is 166 Å². The zero-order valence-corrected chi connectivity index (χ0v) is 44.0. The minimum absolute atomic E-state index is 0.0538. The van der Waals surface area contributed by atoms with Crippen LogP contribution in [0.25, 0.3) is 0 Å². The third-order valence-corrected chi connectivity index (χ3v) is 11.3. The normalized spacial score (nSPS) is 15.6. The minimum Gasteiger partial charge on any atom is -0.481 e. The Morgan fingerprint density at radius 3 is 1.42 bits per heavy atom. The molecule has 74 heavy (non-hydrogen) atoms. The summed E-state index contributed by atoms with van der Waals surface area (Å²) < 4.78 is 0. The predicted octanol–water partition coefficient (Wildman–Crippen LogP) is -4.54. The monoisotopic (exact) mass is 1060 g/mol. The third kappa shape index (κ3) is 25.1. The molecule has 0 bridgehead atoms. The van der Waals surface area contributed by atoms with Gasteiger partial charge in [0, 0.05) is 6.42 Å². The summed E-state index contributed by atoms with van der Waals surface area (Å²) in [7, 11) is 0. The first-order valence-corrected chi connectivity index (χ1v) is 24.4. The predicted molar refractivity (Wildman–Crippen MR) is 264 cm³/mol. The molecule has 0 aliphatic rings. The Kier molecular flexibility index (Phi) is 29.9. The van der Waals surface area contributed by atoms with Crippen LogP contribution < -0.4 is 64.6 Å². The molecular formula is C46H80N12O16. The van der Waals surface area contributed by atoms with Gasteiger partial charge in [0.1, 0.15) is 54.4 Å². The fourth-order valence-electron chi connectivity index (χ4n) is 6.74. The maximum absolute atomic E-state index is 13.6. The molecule has 0 radical (unpaired) electrons. The van der Waals surface area contributed by atoms with Crippen LogP contribution in [0.4, 0.5) is 0 Å². The summed E-state index contributed by atoms with van der Waals surface area (Å²) in [6.45, 7) is 15.7. The number of carboxylic acid groups (broad SMARTS) is 2. The first-order chi connectivity index (χ1) is 34.3. The summed E-state index contributed by atoms with van der Waals surface area (Å²) in [5.41, 5.74) is 11.1. The highest BCUT2D eigenvalue weighted by Crippen LogP contribution is 2.12. The maximum atomic E-state index is 13.6. The second kappa shape index (κ2) is 33.0. The molecule has 17 N–H and O–H groups in total. The SMILES string of the molecule is CC[C@H](C)[C@H](NC(=O)[C@H](C)NC(=O)CNC(=O)[C@H](CCC(N)=O)NC(=O)[C@H](CO)NC(=O)[C@H](CC(=O)O)NC(=O)[C@H](CC(C)C)NC(=O)[C@H](C)NC(=O)[C@H](C)NC(=O)[C@@H](N)CC(C)C)C(=O)N[C@H](C(=O)O)C(C)C. The molecule has 11 atom stereocenters. The van der Waals surface area contributed by atoms with Gasteiger partial charge in [-0.05, 0) is 63.7 Å². The maximum Gasteiger partial charge on any atom is 0.326 e. The molecule has 0 rings (SSSR count). The summed E-state index contributed by atoms with van der Waals surface area (Å²) in [4.78, 5) is 166. The molecule has 28 nitrogen and oxygen atoms in total. The van der Waals surface area contributed by atoms with E-state index in [1.165, 1.54) is 20.8 Å². The van der Waals surface area contributed by atoms with Crippen molar-refractivity contribution in [2.24, 2.45) is 35.1 Å². The first-order valence-electron chi connectivity index (χ1n) is 24.4. The van der Waals surface area contributed by atoms with Crippen LogP contribution in [0.1, 0.15) is 115 Å². The number of carbonyl (C=O) groups is 13. The van der Waals surface area contributed by atoms with Gasteiger partial charge < -0.3 is 80.0 Å². The number of aliphatic hydroxyl groups excluding tert-OH is 1. The van der Waals surface area contributed by atoms with Gasteiger partial charge in [-0.25, -0.2) is 4.79 Å². The minimum atomic E-state index is -1.93. The van der Waals surface area contributed by atoms with Crippen LogP contribution >= 0.6 is 0 Å². The molecule has 0 saturated carbocycles. The summed E-state index contributed by atoms with van der Waals surface area (Å²) in [5.74, 6) is -14.3. The number of amides is 11. The molecular weight excluding hydrogens is 977 g/mol. The summed E-state index contributed by atoms with van der Waals surface area (Å²) in [5, 5.41) is 52.6. The van der Waals surface area contributed by atoms with E-state index in [-0.39, 0.29) is 18.3 Å². The molecule has 11 amide bonds. The molecule has 0 aliphatic heterocycles. The fraction of sp³-hybridized carbons (Fsp3) is 0.717. The van der Waals surface area contributed by atoms with Crippen LogP contribution in [0.5, 0.6) is 0 Å². The lowest BCUT2D eigenvalue weighted by atomic mass is 9.96. The summed E-state index contributed by atoms with van der Waals surface area (Å²) in [6.07, 6.45) is -1.33. The topological polar surface area (TPSA) is 455 Å². The highest BCUT2D eigenvalue weighted by Gasteiger charge is 2.35. The van der Waals surface area contributed by atoms with Crippen molar-refractivity contribution in [3.8, 4) is 0 Å². The lowest BCUT2D eigenvalue weighted by Gasteiger charge is -2.27. The lowest BCUT2D eigenvalue weighted by Crippen LogP contribution is -2.60. The van der Waals surface area contributed by atoms with Crippen LogP contribution in [-0.2, 0) is 62.3 Å². The van der Waals surface area contributed by atoms with Crippen LogP contribution in [0.2, 0.25) is 0 Å². The number of rotatable bonds is 34. The molecule has 0 aromatic heterocycles. The average molecular weight is 1060 g/mol. The molecule has 420 valence electrons. The molecule has 0 spiro atoms.